The number of hydrogen-bond donors (Lipinski definition) is 1. The van der Waals surface area contributed by atoms with Crippen molar-refractivity contribution in [2.24, 2.45) is 0 Å². The number of benzene rings is 1. The van der Waals surface area contributed by atoms with E-state index in [1.807, 2.05) is 31.3 Å². The molecule has 0 atom stereocenters. The maximum absolute atomic E-state index is 4.54. The minimum absolute atomic E-state index is 0.896. The van der Waals surface area contributed by atoms with E-state index in [-0.39, 0.29) is 0 Å². The summed E-state index contributed by atoms with van der Waals surface area (Å²) >= 11 is 0. The minimum atomic E-state index is 0.896. The van der Waals surface area contributed by atoms with Crippen LogP contribution in [0, 0.1) is 6.92 Å². The molecule has 20 heavy (non-hydrogen) atoms. The van der Waals surface area contributed by atoms with E-state index in [0.29, 0.717) is 0 Å². The summed E-state index contributed by atoms with van der Waals surface area (Å²) in [6.07, 6.45) is 4.98. The van der Waals surface area contributed by atoms with Gasteiger partial charge in [0.2, 0.25) is 5.95 Å². The lowest BCUT2D eigenvalue weighted by molar-refractivity contribution is 0.686. The molecule has 0 radical (unpaired) electrons. The van der Waals surface area contributed by atoms with Crippen LogP contribution in [-0.4, -0.2) is 14.5 Å². The average molecular weight is 266 g/mol. The zero-order chi connectivity index (χ0) is 13.9. The van der Waals surface area contributed by atoms with Gasteiger partial charge in [0, 0.05) is 30.0 Å². The number of rotatable bonds is 4. The fraction of sp³-hybridized carbons (Fsp3) is 0.250. The Hall–Kier alpha value is -2.36. The Morgan fingerprint density at radius 3 is 3.00 bits per heavy atom. The Balaban J connectivity index is 1.92. The zero-order valence-corrected chi connectivity index (χ0v) is 11.8. The molecule has 0 spiro atoms. The minimum Gasteiger partial charge on any atom is -0.326 e. The SMILES string of the molecule is CCCn1cc(C)nc1Nc1ccc2ncccc2c1. The molecule has 0 unspecified atom stereocenters. The maximum Gasteiger partial charge on any atom is 0.207 e. The van der Waals surface area contributed by atoms with Gasteiger partial charge in [-0.2, -0.15) is 0 Å². The number of imidazole rings is 1. The molecule has 4 nitrogen and oxygen atoms in total. The van der Waals surface area contributed by atoms with Gasteiger partial charge in [-0.15, -0.1) is 0 Å². The van der Waals surface area contributed by atoms with Crippen LogP contribution in [0.4, 0.5) is 11.6 Å². The predicted octanol–water partition coefficient (Wildman–Crippen LogP) is 3.89. The number of nitrogens with one attached hydrogen (secondary N) is 1. The summed E-state index contributed by atoms with van der Waals surface area (Å²) < 4.78 is 2.16. The van der Waals surface area contributed by atoms with E-state index in [4.69, 9.17) is 0 Å². The first kappa shape index (κ1) is 12.7. The Morgan fingerprint density at radius 1 is 1.25 bits per heavy atom. The highest BCUT2D eigenvalue weighted by Crippen LogP contribution is 2.21. The maximum atomic E-state index is 4.54. The Labute approximate surface area is 118 Å². The van der Waals surface area contributed by atoms with Crippen molar-refractivity contribution < 1.29 is 0 Å². The standard InChI is InChI=1S/C16H18N4/c1-3-9-20-11-12(2)18-16(20)19-14-6-7-15-13(10-14)5-4-8-17-15/h4-8,10-11H,3,9H2,1-2H3,(H,18,19). The number of fused-ring (bicyclic) bond motifs is 1. The highest BCUT2D eigenvalue weighted by Gasteiger charge is 2.05. The summed E-state index contributed by atoms with van der Waals surface area (Å²) in [6.45, 7) is 5.15. The molecule has 0 fully saturated rings. The van der Waals surface area contributed by atoms with Crippen molar-refractivity contribution in [3.05, 3.63) is 48.4 Å². The van der Waals surface area contributed by atoms with Gasteiger partial charge in [-0.25, -0.2) is 4.98 Å². The van der Waals surface area contributed by atoms with Crippen LogP contribution in [0.2, 0.25) is 0 Å². The van der Waals surface area contributed by atoms with Crippen LogP contribution >= 0.6 is 0 Å². The van der Waals surface area contributed by atoms with Gasteiger partial charge >= 0.3 is 0 Å². The quantitative estimate of drug-likeness (QED) is 0.779. The van der Waals surface area contributed by atoms with Crippen LogP contribution in [0.25, 0.3) is 10.9 Å². The normalized spacial score (nSPS) is 10.9. The van der Waals surface area contributed by atoms with Gasteiger partial charge in [-0.3, -0.25) is 4.98 Å². The topological polar surface area (TPSA) is 42.7 Å². The van der Waals surface area contributed by atoms with Crippen LogP contribution in [0.5, 0.6) is 0 Å². The molecule has 0 aliphatic heterocycles. The van der Waals surface area contributed by atoms with Crippen molar-refractivity contribution in [2.75, 3.05) is 5.32 Å². The van der Waals surface area contributed by atoms with Crippen molar-refractivity contribution in [2.45, 2.75) is 26.8 Å². The van der Waals surface area contributed by atoms with Crippen molar-refractivity contribution in [1.82, 2.24) is 14.5 Å². The number of hydrogen-bond acceptors (Lipinski definition) is 3. The summed E-state index contributed by atoms with van der Waals surface area (Å²) in [5.41, 5.74) is 3.07. The molecular formula is C16H18N4. The van der Waals surface area contributed by atoms with Gasteiger partial charge in [-0.1, -0.05) is 13.0 Å². The Bertz CT molecular complexity index is 730. The number of nitrogens with zero attached hydrogens (tertiary/aromatic N) is 3. The Morgan fingerprint density at radius 2 is 2.15 bits per heavy atom. The first-order valence-corrected chi connectivity index (χ1v) is 6.92. The smallest absolute Gasteiger partial charge is 0.207 e. The third-order valence-electron chi connectivity index (χ3n) is 3.22. The van der Waals surface area contributed by atoms with E-state index in [0.717, 1.165) is 41.2 Å². The molecule has 0 saturated heterocycles. The van der Waals surface area contributed by atoms with E-state index in [1.165, 1.54) is 0 Å². The van der Waals surface area contributed by atoms with Crippen molar-refractivity contribution in [3.63, 3.8) is 0 Å². The molecule has 3 aromatic rings. The van der Waals surface area contributed by atoms with Crippen LogP contribution in [0.1, 0.15) is 19.0 Å². The van der Waals surface area contributed by atoms with E-state index >= 15 is 0 Å². The summed E-state index contributed by atoms with van der Waals surface area (Å²) in [5.74, 6) is 0.896. The lowest BCUT2D eigenvalue weighted by Gasteiger charge is -2.09. The highest BCUT2D eigenvalue weighted by atomic mass is 15.2. The lowest BCUT2D eigenvalue weighted by Crippen LogP contribution is -2.02. The van der Waals surface area contributed by atoms with Gasteiger partial charge in [0.25, 0.3) is 0 Å². The molecule has 0 amide bonds. The first-order chi connectivity index (χ1) is 9.76. The largest absolute Gasteiger partial charge is 0.326 e. The fourth-order valence-electron chi connectivity index (χ4n) is 2.34. The number of pyridine rings is 1. The monoisotopic (exact) mass is 266 g/mol. The second-order valence-electron chi connectivity index (χ2n) is 4.94. The van der Waals surface area contributed by atoms with Gasteiger partial charge in [0.1, 0.15) is 0 Å². The van der Waals surface area contributed by atoms with Gasteiger partial charge in [-0.05, 0) is 37.6 Å². The van der Waals surface area contributed by atoms with Crippen molar-refractivity contribution in [1.29, 1.82) is 0 Å². The number of anilines is 2. The molecule has 2 heterocycles. The van der Waals surface area contributed by atoms with Crippen LogP contribution in [0.3, 0.4) is 0 Å². The molecule has 4 heteroatoms. The number of aromatic nitrogens is 3. The lowest BCUT2D eigenvalue weighted by atomic mass is 10.2. The molecule has 1 aromatic carbocycles. The second-order valence-corrected chi connectivity index (χ2v) is 4.94. The van der Waals surface area contributed by atoms with Gasteiger partial charge in [0.15, 0.2) is 0 Å². The molecule has 0 saturated carbocycles. The fourth-order valence-corrected chi connectivity index (χ4v) is 2.34. The van der Waals surface area contributed by atoms with E-state index in [9.17, 15) is 0 Å². The molecule has 2 aromatic heterocycles. The molecule has 102 valence electrons. The van der Waals surface area contributed by atoms with Crippen molar-refractivity contribution >= 4 is 22.5 Å². The average Bonchev–Trinajstić information content (AvgIpc) is 2.79. The molecule has 3 rings (SSSR count). The molecule has 0 bridgehead atoms. The first-order valence-electron chi connectivity index (χ1n) is 6.92. The van der Waals surface area contributed by atoms with Crippen LogP contribution < -0.4 is 5.32 Å². The van der Waals surface area contributed by atoms with E-state index in [2.05, 4.69) is 45.1 Å². The highest BCUT2D eigenvalue weighted by molar-refractivity contribution is 5.82. The molecule has 0 aliphatic rings. The molecule has 0 aliphatic carbocycles. The molecule has 1 N–H and O–H groups in total. The van der Waals surface area contributed by atoms with Crippen molar-refractivity contribution in [3.8, 4) is 0 Å². The summed E-state index contributed by atoms with van der Waals surface area (Å²) in [6, 6.07) is 10.2. The van der Waals surface area contributed by atoms with E-state index < -0.39 is 0 Å². The summed E-state index contributed by atoms with van der Waals surface area (Å²) in [7, 11) is 0. The van der Waals surface area contributed by atoms with Crippen LogP contribution in [-0.2, 0) is 6.54 Å². The number of aryl methyl sites for hydroxylation is 2. The van der Waals surface area contributed by atoms with Gasteiger partial charge < -0.3 is 9.88 Å². The Kier molecular flexibility index (Phi) is 3.37. The predicted molar refractivity (Wildman–Crippen MR) is 82.3 cm³/mol. The third-order valence-corrected chi connectivity index (χ3v) is 3.22. The summed E-state index contributed by atoms with van der Waals surface area (Å²) in [4.78, 5) is 8.87. The van der Waals surface area contributed by atoms with Crippen LogP contribution in [0.15, 0.2) is 42.7 Å². The van der Waals surface area contributed by atoms with Gasteiger partial charge in [0.05, 0.1) is 11.2 Å². The van der Waals surface area contributed by atoms with E-state index in [1.54, 1.807) is 0 Å². The second kappa shape index (κ2) is 5.33. The zero-order valence-electron chi connectivity index (χ0n) is 11.8. The summed E-state index contributed by atoms with van der Waals surface area (Å²) in [5, 5.41) is 4.52. The molecular weight excluding hydrogens is 248 g/mol. The third kappa shape index (κ3) is 2.50.